The van der Waals surface area contributed by atoms with Crippen LogP contribution < -0.4 is 10.0 Å². The zero-order chi connectivity index (χ0) is 29.5. The number of alkyl halides is 2. The standard InChI is InChI=1S/C28H40F2N6O3S/c1-25(2,3)39-24(37)34-22(18-8-12-28(29,30)13-9-18)20-16-36-21(33-20)14-19(15-32-36)23(27(17-31)10-7-11-27)35-40(38)26(4,5)6/h14-16,18,22-23,35H,7-13H2,1-6H3,(H,34,37)/t22-,23-,40+/m0/s1. The number of hydrogen-bond acceptors (Lipinski definition) is 7. The smallest absolute Gasteiger partial charge is 0.408 e. The van der Waals surface area contributed by atoms with E-state index in [1.807, 2.05) is 26.8 Å². The summed E-state index contributed by atoms with van der Waals surface area (Å²) in [6, 6.07) is 3.11. The molecule has 1 amide bonds. The molecule has 0 bridgehead atoms. The van der Waals surface area contributed by atoms with Gasteiger partial charge in [0.25, 0.3) is 0 Å². The number of alkyl carbamates (subject to hydrolysis) is 1. The van der Waals surface area contributed by atoms with Crippen LogP contribution in [-0.4, -0.2) is 41.5 Å². The molecule has 220 valence electrons. The molecule has 0 spiro atoms. The Morgan fingerprint density at radius 1 is 1.23 bits per heavy atom. The molecule has 2 saturated carbocycles. The molecule has 0 unspecified atom stereocenters. The van der Waals surface area contributed by atoms with Gasteiger partial charge in [-0.3, -0.25) is 0 Å². The minimum Gasteiger partial charge on any atom is -0.598 e. The third-order valence-electron chi connectivity index (χ3n) is 7.72. The average Bonchev–Trinajstić information content (AvgIpc) is 3.23. The van der Waals surface area contributed by atoms with Crippen LogP contribution in [0, 0.1) is 22.7 Å². The van der Waals surface area contributed by atoms with Crippen molar-refractivity contribution in [2.45, 2.75) is 115 Å². The number of aromatic nitrogens is 3. The summed E-state index contributed by atoms with van der Waals surface area (Å²) in [5.74, 6) is -2.97. The molecule has 0 aliphatic heterocycles. The summed E-state index contributed by atoms with van der Waals surface area (Å²) < 4.78 is 50.7. The number of carbonyl (C=O) groups is 1. The molecule has 2 N–H and O–H groups in total. The molecular weight excluding hydrogens is 538 g/mol. The van der Waals surface area contributed by atoms with Crippen LogP contribution in [0.3, 0.4) is 0 Å². The summed E-state index contributed by atoms with van der Waals surface area (Å²) in [5.41, 5.74) is 0.233. The molecule has 2 aliphatic carbocycles. The van der Waals surface area contributed by atoms with E-state index >= 15 is 0 Å². The zero-order valence-corrected chi connectivity index (χ0v) is 24.9. The van der Waals surface area contributed by atoms with Crippen LogP contribution in [-0.2, 0) is 16.1 Å². The molecular formula is C28H40F2N6O3S. The Hall–Kier alpha value is -2.49. The second kappa shape index (κ2) is 11.1. The number of imidazole rings is 1. The van der Waals surface area contributed by atoms with Crippen LogP contribution in [0.25, 0.3) is 5.65 Å². The Morgan fingerprint density at radius 3 is 2.40 bits per heavy atom. The molecule has 2 aromatic heterocycles. The number of fused-ring (bicyclic) bond motifs is 1. The summed E-state index contributed by atoms with van der Waals surface area (Å²) in [6.07, 6.45) is 4.92. The van der Waals surface area contributed by atoms with Crippen molar-refractivity contribution >= 4 is 23.1 Å². The molecule has 2 aromatic rings. The van der Waals surface area contributed by atoms with Crippen LogP contribution in [0.5, 0.6) is 0 Å². The van der Waals surface area contributed by atoms with Gasteiger partial charge in [0.2, 0.25) is 5.92 Å². The van der Waals surface area contributed by atoms with Gasteiger partial charge in [-0.1, -0.05) is 6.42 Å². The largest absolute Gasteiger partial charge is 0.598 e. The third-order valence-corrected chi connectivity index (χ3v) is 9.28. The van der Waals surface area contributed by atoms with Gasteiger partial charge in [-0.2, -0.15) is 10.4 Å². The minimum atomic E-state index is -2.71. The van der Waals surface area contributed by atoms with Gasteiger partial charge < -0.3 is 14.6 Å². The lowest BCUT2D eigenvalue weighted by Gasteiger charge is -2.42. The molecule has 40 heavy (non-hydrogen) atoms. The van der Waals surface area contributed by atoms with E-state index in [2.05, 4.69) is 21.2 Å². The maximum atomic E-state index is 13.9. The van der Waals surface area contributed by atoms with Crippen molar-refractivity contribution in [1.82, 2.24) is 24.6 Å². The van der Waals surface area contributed by atoms with Crippen LogP contribution in [0.2, 0.25) is 0 Å². The zero-order valence-electron chi connectivity index (χ0n) is 24.1. The fourth-order valence-electron chi connectivity index (χ4n) is 5.29. The Kier molecular flexibility index (Phi) is 8.43. The van der Waals surface area contributed by atoms with Gasteiger partial charge in [0.15, 0.2) is 5.65 Å². The van der Waals surface area contributed by atoms with Crippen molar-refractivity contribution in [3.63, 3.8) is 0 Å². The number of hydrogen-bond donors (Lipinski definition) is 2. The van der Waals surface area contributed by atoms with Crippen molar-refractivity contribution in [3.8, 4) is 6.07 Å². The van der Waals surface area contributed by atoms with Gasteiger partial charge in [-0.15, -0.1) is 4.72 Å². The van der Waals surface area contributed by atoms with E-state index in [4.69, 9.17) is 9.72 Å². The minimum absolute atomic E-state index is 0.231. The van der Waals surface area contributed by atoms with Crippen molar-refractivity contribution in [2.75, 3.05) is 0 Å². The SMILES string of the molecule is CC(C)(C)OC(=O)N[C@H](c1cn2ncc([C@H](N[S@+]([O-])C(C)(C)C)C3(C#N)CCC3)cc2n1)C1CCC(F)(F)CC1. The number of ether oxygens (including phenoxy) is 1. The van der Waals surface area contributed by atoms with Crippen molar-refractivity contribution in [1.29, 1.82) is 5.26 Å². The van der Waals surface area contributed by atoms with Gasteiger partial charge in [-0.05, 0) is 84.8 Å². The maximum Gasteiger partial charge on any atom is 0.408 e. The molecule has 0 radical (unpaired) electrons. The number of amides is 1. The highest BCUT2D eigenvalue weighted by Gasteiger charge is 2.49. The first-order valence-electron chi connectivity index (χ1n) is 13.8. The molecule has 2 fully saturated rings. The van der Waals surface area contributed by atoms with Gasteiger partial charge in [0, 0.05) is 24.2 Å². The molecule has 4 rings (SSSR count). The predicted molar refractivity (Wildman–Crippen MR) is 148 cm³/mol. The Balaban J connectivity index is 1.67. The van der Waals surface area contributed by atoms with E-state index in [-0.39, 0.29) is 31.6 Å². The fourth-order valence-corrected chi connectivity index (χ4v) is 6.22. The number of nitrogens with zero attached hydrogens (tertiary/aromatic N) is 4. The number of halogens is 2. The van der Waals surface area contributed by atoms with E-state index < -0.39 is 51.2 Å². The molecule has 0 aromatic carbocycles. The number of carbonyl (C=O) groups excluding carboxylic acids is 1. The van der Waals surface area contributed by atoms with Crippen LogP contribution >= 0.6 is 0 Å². The van der Waals surface area contributed by atoms with Crippen LogP contribution in [0.1, 0.15) is 110 Å². The normalized spacial score (nSPS) is 21.6. The molecule has 2 aliphatic rings. The average molecular weight is 579 g/mol. The second-order valence-corrected chi connectivity index (χ2v) is 15.1. The quantitative estimate of drug-likeness (QED) is 0.391. The lowest BCUT2D eigenvalue weighted by atomic mass is 9.64. The van der Waals surface area contributed by atoms with Gasteiger partial charge in [0.05, 0.1) is 41.7 Å². The summed E-state index contributed by atoms with van der Waals surface area (Å²) in [7, 11) is 0. The Morgan fingerprint density at radius 2 is 1.88 bits per heavy atom. The Labute approximate surface area is 237 Å². The molecule has 12 heteroatoms. The monoisotopic (exact) mass is 578 g/mol. The molecule has 0 saturated heterocycles. The van der Waals surface area contributed by atoms with Crippen molar-refractivity contribution in [2.24, 2.45) is 11.3 Å². The van der Waals surface area contributed by atoms with Crippen LogP contribution in [0.4, 0.5) is 13.6 Å². The van der Waals surface area contributed by atoms with Gasteiger partial charge in [0.1, 0.15) is 10.3 Å². The van der Waals surface area contributed by atoms with E-state index in [1.165, 1.54) is 0 Å². The summed E-state index contributed by atoms with van der Waals surface area (Å²) in [6.45, 7) is 10.9. The van der Waals surface area contributed by atoms with E-state index in [0.29, 0.717) is 29.7 Å². The predicted octanol–water partition coefficient (Wildman–Crippen LogP) is 5.91. The van der Waals surface area contributed by atoms with Gasteiger partial charge in [-0.25, -0.2) is 23.1 Å². The lowest BCUT2D eigenvalue weighted by molar-refractivity contribution is -0.0500. The lowest BCUT2D eigenvalue weighted by Crippen LogP contribution is -2.49. The fraction of sp³-hybridized carbons (Fsp3) is 0.714. The topological polar surface area (TPSA) is 127 Å². The first-order valence-corrected chi connectivity index (χ1v) is 15.0. The number of nitrogens with one attached hydrogen (secondary N) is 2. The molecule has 9 nitrogen and oxygen atoms in total. The first-order chi connectivity index (χ1) is 18.5. The number of rotatable bonds is 7. The summed E-state index contributed by atoms with van der Waals surface area (Å²) >= 11 is -1.42. The molecule has 2 heterocycles. The van der Waals surface area contributed by atoms with E-state index in [9.17, 15) is 23.4 Å². The molecule has 3 atom stereocenters. The number of nitriles is 1. The second-order valence-electron chi connectivity index (χ2n) is 13.1. The maximum absolute atomic E-state index is 13.9. The highest BCUT2D eigenvalue weighted by molar-refractivity contribution is 7.90. The highest BCUT2D eigenvalue weighted by atomic mass is 32.2. The van der Waals surface area contributed by atoms with E-state index in [1.54, 1.807) is 37.7 Å². The Bertz CT molecular complexity index is 1250. The van der Waals surface area contributed by atoms with Crippen molar-refractivity contribution in [3.05, 3.63) is 29.7 Å². The third kappa shape index (κ3) is 6.86. The highest BCUT2D eigenvalue weighted by Crippen LogP contribution is 2.50. The first kappa shape index (κ1) is 30.5. The van der Waals surface area contributed by atoms with Gasteiger partial charge >= 0.3 is 6.09 Å². The summed E-state index contributed by atoms with van der Waals surface area (Å²) in [4.78, 5) is 17.5. The van der Waals surface area contributed by atoms with Crippen molar-refractivity contribution < 1.29 is 22.9 Å². The summed E-state index contributed by atoms with van der Waals surface area (Å²) in [5, 5.41) is 17.5. The van der Waals surface area contributed by atoms with E-state index in [0.717, 1.165) is 6.42 Å². The van der Waals surface area contributed by atoms with Crippen LogP contribution in [0.15, 0.2) is 18.5 Å².